The van der Waals surface area contributed by atoms with Crippen molar-refractivity contribution >= 4 is 62.9 Å². The van der Waals surface area contributed by atoms with E-state index in [4.69, 9.17) is 13.2 Å². The van der Waals surface area contributed by atoms with Crippen LogP contribution in [0.1, 0.15) is 69.3 Å². The highest BCUT2D eigenvalue weighted by Crippen LogP contribution is 2.36. The van der Waals surface area contributed by atoms with Crippen LogP contribution >= 0.6 is 0 Å². The predicted molar refractivity (Wildman–Crippen MR) is 209 cm³/mol. The largest absolute Gasteiger partial charge is 0.368 e. The quantitative estimate of drug-likeness (QED) is 0.224. The van der Waals surface area contributed by atoms with Gasteiger partial charge in [-0.25, -0.2) is 19.2 Å². The van der Waals surface area contributed by atoms with E-state index in [0.717, 1.165) is 57.5 Å². The van der Waals surface area contributed by atoms with Gasteiger partial charge in [-0.05, 0) is 49.6 Å². The number of halogens is 1. The van der Waals surface area contributed by atoms with Crippen LogP contribution in [0.2, 0.25) is 0 Å². The molecule has 7 heterocycles. The third kappa shape index (κ3) is 6.13. The number of rotatable bonds is 8. The lowest BCUT2D eigenvalue weighted by Crippen LogP contribution is -2.63. The summed E-state index contributed by atoms with van der Waals surface area (Å²) in [6.45, 7) is -1.89. The molecule has 0 spiro atoms. The van der Waals surface area contributed by atoms with Gasteiger partial charge in [0, 0.05) is 98.6 Å². The van der Waals surface area contributed by atoms with Crippen molar-refractivity contribution in [2.24, 2.45) is 7.05 Å². The van der Waals surface area contributed by atoms with E-state index in [-0.39, 0.29) is 47.0 Å². The molecule has 1 aromatic carbocycles. The lowest BCUT2D eigenvalue weighted by atomic mass is 10.0. The number of benzene rings is 1. The molecule has 0 unspecified atom stereocenters. The van der Waals surface area contributed by atoms with Crippen molar-refractivity contribution in [1.82, 2.24) is 43.8 Å². The Bertz CT molecular complexity index is 2630. The van der Waals surface area contributed by atoms with Gasteiger partial charge in [0.2, 0.25) is 17.8 Å². The normalized spacial score (nSPS) is 21.9. The van der Waals surface area contributed by atoms with Gasteiger partial charge in [-0.1, -0.05) is 12.8 Å². The van der Waals surface area contributed by atoms with Crippen molar-refractivity contribution in [2.45, 2.75) is 56.7 Å². The van der Waals surface area contributed by atoms with Gasteiger partial charge in [0.05, 0.1) is 23.1 Å². The minimum absolute atomic E-state index is 0.0229. The highest BCUT2D eigenvalue weighted by atomic mass is 19.1. The number of piperidine rings is 1. The number of pyridine rings is 1. The number of aromatic nitrogens is 6. The van der Waals surface area contributed by atoms with Crippen LogP contribution in [0.25, 0.3) is 22.1 Å². The summed E-state index contributed by atoms with van der Waals surface area (Å²) in [5.41, 5.74) is 1.92. The van der Waals surface area contributed by atoms with E-state index in [1.165, 1.54) is 27.5 Å². The van der Waals surface area contributed by atoms with E-state index in [1.54, 1.807) is 23.9 Å². The summed E-state index contributed by atoms with van der Waals surface area (Å²) < 4.78 is 66.4. The Morgan fingerprint density at radius 1 is 0.929 bits per heavy atom. The summed E-state index contributed by atoms with van der Waals surface area (Å²) in [7, 11) is 1.57. The summed E-state index contributed by atoms with van der Waals surface area (Å²) in [4.78, 5) is 72.0. The fourth-order valence-corrected chi connectivity index (χ4v) is 8.80. The van der Waals surface area contributed by atoms with Crippen LogP contribution in [0.15, 0.2) is 47.5 Å². The number of imidazole rings is 1. The molecule has 3 saturated heterocycles. The number of fused-ring (bicyclic) bond motifs is 2. The molecule has 2 N–H and O–H groups in total. The monoisotopic (exact) mass is 770 g/mol. The average Bonchev–Trinajstić information content (AvgIpc) is 3.92. The molecule has 4 fully saturated rings. The third-order valence-electron chi connectivity index (χ3n) is 11.7. The molecular formula is C39H45FN12O4. The second-order valence-electron chi connectivity index (χ2n) is 15.0. The van der Waals surface area contributed by atoms with E-state index in [1.807, 2.05) is 12.1 Å². The van der Waals surface area contributed by atoms with Crippen LogP contribution in [0, 0.1) is 5.82 Å². The molecule has 1 aliphatic carbocycles. The van der Waals surface area contributed by atoms with E-state index in [2.05, 4.69) is 35.3 Å². The van der Waals surface area contributed by atoms with Crippen LogP contribution in [-0.4, -0.2) is 115 Å². The molecular weight excluding hydrogens is 720 g/mol. The maximum atomic E-state index is 15.4. The fraction of sp³-hybridized carbons (Fsp3) is 0.462. The number of nitrogens with one attached hydrogen (secondary N) is 2. The molecule has 1 atom stereocenters. The molecule has 3 amide bonds. The maximum Gasteiger partial charge on any atom is 0.329 e. The van der Waals surface area contributed by atoms with Gasteiger partial charge < -0.3 is 24.6 Å². The van der Waals surface area contributed by atoms with Crippen molar-refractivity contribution in [3.63, 3.8) is 0 Å². The zero-order valence-electron chi connectivity index (χ0n) is 36.7. The number of carbonyl (C=O) groups excluding carboxylic acids is 3. The fourth-order valence-electron chi connectivity index (χ4n) is 8.80. The van der Waals surface area contributed by atoms with Crippen LogP contribution in [0.4, 0.5) is 27.5 Å². The van der Waals surface area contributed by atoms with Gasteiger partial charge in [-0.3, -0.25) is 33.7 Å². The topological polar surface area (TPSA) is 159 Å². The predicted octanol–water partition coefficient (Wildman–Crippen LogP) is 3.17. The van der Waals surface area contributed by atoms with Crippen LogP contribution in [0.5, 0.6) is 0 Å². The lowest BCUT2D eigenvalue weighted by Gasteiger charge is -2.49. The number of nitrogens with zero attached hydrogens (tertiary/aromatic N) is 10. The molecule has 56 heavy (non-hydrogen) atoms. The van der Waals surface area contributed by atoms with Crippen molar-refractivity contribution in [2.75, 3.05) is 68.3 Å². The third-order valence-corrected chi connectivity index (χ3v) is 11.7. The Hall–Kier alpha value is -5.84. The first-order valence-corrected chi connectivity index (χ1v) is 18.9. The van der Waals surface area contributed by atoms with Gasteiger partial charge in [-0.2, -0.15) is 4.98 Å². The minimum Gasteiger partial charge on any atom is -0.368 e. The standard InChI is InChI=1S/C39H45FN12O4/c1-46(2)37(55)30-18-23-19-42-38(45-35(23)51(30)24-6-4-5-7-24)43-31-12-8-25(20-41-31)48-14-16-49(17-15-48)26-21-50(22-26)28-10-9-27(40)33-34(28)47(3)39(56)52(33)29-11-13-32(53)44-36(29)54/h8-10,12,18-20,24,26,29H,4-7,11,13-17,21-22H2,1-3H3,(H,44,53,54)(H,41,42,43,45)/t29-/m1/s1/i1D3,2D3. The maximum absolute atomic E-state index is 15.4. The van der Waals surface area contributed by atoms with Crippen molar-refractivity contribution in [1.29, 1.82) is 0 Å². The molecule has 3 aliphatic heterocycles. The lowest BCUT2D eigenvalue weighted by molar-refractivity contribution is -0.135. The average molecular weight is 771 g/mol. The Labute approximate surface area is 330 Å². The van der Waals surface area contributed by atoms with E-state index in [0.29, 0.717) is 41.1 Å². The summed E-state index contributed by atoms with van der Waals surface area (Å²) in [5.74, 6) is -2.08. The highest BCUT2D eigenvalue weighted by Gasteiger charge is 2.37. The summed E-state index contributed by atoms with van der Waals surface area (Å²) in [6.07, 6.45) is 6.72. The Morgan fingerprint density at radius 3 is 2.43 bits per heavy atom. The number of carbonyl (C=O) groups is 3. The minimum atomic E-state index is -3.19. The van der Waals surface area contributed by atoms with Crippen LogP contribution in [0.3, 0.4) is 0 Å². The molecule has 16 nitrogen and oxygen atoms in total. The molecule has 4 aromatic heterocycles. The Morgan fingerprint density at radius 2 is 1.71 bits per heavy atom. The van der Waals surface area contributed by atoms with Crippen molar-refractivity contribution in [3.8, 4) is 0 Å². The van der Waals surface area contributed by atoms with Gasteiger partial charge in [0.25, 0.3) is 5.91 Å². The Balaban J connectivity index is 0.847. The summed E-state index contributed by atoms with van der Waals surface area (Å²) in [5, 5.41) is 5.87. The van der Waals surface area contributed by atoms with Gasteiger partial charge in [0.15, 0.2) is 0 Å². The molecule has 5 aromatic rings. The van der Waals surface area contributed by atoms with Crippen molar-refractivity contribution < 1.29 is 27.0 Å². The van der Waals surface area contributed by atoms with E-state index >= 15 is 4.39 Å². The first kappa shape index (κ1) is 29.4. The molecule has 1 saturated carbocycles. The smallest absolute Gasteiger partial charge is 0.329 e. The van der Waals surface area contributed by atoms with Gasteiger partial charge in [-0.15, -0.1) is 0 Å². The second kappa shape index (κ2) is 14.0. The first-order valence-electron chi connectivity index (χ1n) is 21.9. The Kier molecular flexibility index (Phi) is 7.38. The van der Waals surface area contributed by atoms with Gasteiger partial charge in [0.1, 0.15) is 34.5 Å². The number of hydrogen-bond donors (Lipinski definition) is 2. The van der Waals surface area contributed by atoms with E-state index < -0.39 is 49.2 Å². The first-order chi connectivity index (χ1) is 29.5. The van der Waals surface area contributed by atoms with E-state index in [9.17, 15) is 19.2 Å². The molecule has 4 aliphatic rings. The number of piperazine rings is 1. The number of anilines is 4. The zero-order valence-corrected chi connectivity index (χ0v) is 30.7. The van der Waals surface area contributed by atoms with Crippen LogP contribution in [-0.2, 0) is 16.6 Å². The van der Waals surface area contributed by atoms with Crippen LogP contribution < -0.4 is 26.1 Å². The summed E-state index contributed by atoms with van der Waals surface area (Å²) in [6, 6.07) is 7.33. The number of imide groups is 1. The number of aryl methyl sites for hydroxylation is 1. The molecule has 0 bridgehead atoms. The molecule has 292 valence electrons. The summed E-state index contributed by atoms with van der Waals surface area (Å²) >= 11 is 0. The number of amides is 3. The zero-order chi connectivity index (χ0) is 43.8. The molecule has 17 heteroatoms. The van der Waals surface area contributed by atoms with Crippen molar-refractivity contribution in [3.05, 3.63) is 64.7 Å². The molecule has 0 radical (unpaired) electrons. The number of hydrogen-bond acceptors (Lipinski definition) is 11. The van der Waals surface area contributed by atoms with Gasteiger partial charge >= 0.3 is 5.69 Å². The molecule has 9 rings (SSSR count). The SMILES string of the molecule is [2H]C([2H])([2H])N(C(=O)c1cc2cnc(Nc3ccc(N4CCN(C5CN(c6ccc(F)c7c6n(C)c(=O)n7[C@@H]6CCC(=O)NC6=O)C5)CC4)cn3)nc2n1C1CCCC1)C([2H])([2H])[2H]. The highest BCUT2D eigenvalue weighted by molar-refractivity contribution is 6.01. The second-order valence-corrected chi connectivity index (χ2v) is 15.0.